The van der Waals surface area contributed by atoms with Crippen LogP contribution in [0.4, 0.5) is 5.69 Å². The third kappa shape index (κ3) is 2.18. The van der Waals surface area contributed by atoms with Gasteiger partial charge in [0.25, 0.3) is 5.91 Å². The van der Waals surface area contributed by atoms with Crippen LogP contribution in [-0.4, -0.2) is 24.9 Å². The van der Waals surface area contributed by atoms with Crippen LogP contribution in [-0.2, 0) is 0 Å². The van der Waals surface area contributed by atoms with Crippen molar-refractivity contribution >= 4 is 11.6 Å². The van der Waals surface area contributed by atoms with Crippen molar-refractivity contribution < 1.29 is 4.79 Å². The number of nitrogens with zero attached hydrogens (tertiary/aromatic N) is 1. The largest absolute Gasteiger partial charge is 0.398 e. The minimum atomic E-state index is -0.0455. The molecule has 0 spiro atoms. The van der Waals surface area contributed by atoms with E-state index in [2.05, 4.69) is 13.8 Å². The summed E-state index contributed by atoms with van der Waals surface area (Å²) in [5.41, 5.74) is 9.42. The van der Waals surface area contributed by atoms with Crippen LogP contribution in [0.2, 0.25) is 0 Å². The van der Waals surface area contributed by atoms with E-state index in [-0.39, 0.29) is 5.91 Å². The molecule has 0 aromatic heterocycles. The summed E-state index contributed by atoms with van der Waals surface area (Å²) in [6.07, 6.45) is 0. The molecule has 0 radical (unpaired) electrons. The monoisotopic (exact) mass is 220 g/mol. The molecular weight excluding hydrogens is 200 g/mol. The average molecular weight is 220 g/mol. The summed E-state index contributed by atoms with van der Waals surface area (Å²) < 4.78 is 0. The highest BCUT2D eigenvalue weighted by atomic mass is 16.2. The third-order valence-corrected chi connectivity index (χ3v) is 2.82. The van der Waals surface area contributed by atoms with Gasteiger partial charge < -0.3 is 10.6 Å². The molecule has 0 heterocycles. The number of carbonyl (C=O) groups is 1. The van der Waals surface area contributed by atoms with Crippen LogP contribution in [0.1, 0.15) is 41.3 Å². The number of hydrogen-bond donors (Lipinski definition) is 1. The van der Waals surface area contributed by atoms with Gasteiger partial charge in [0.2, 0.25) is 0 Å². The standard InChI is InChI=1S/C13H20N2O/c1-8(2)10-6-7-11(12(14)9(10)3)13(16)15(4)5/h6-8H,14H2,1-5H3. The van der Waals surface area contributed by atoms with E-state index in [9.17, 15) is 4.79 Å². The molecule has 1 amide bonds. The Hall–Kier alpha value is -1.51. The first-order valence-corrected chi connectivity index (χ1v) is 5.46. The molecule has 1 aromatic carbocycles. The lowest BCUT2D eigenvalue weighted by Crippen LogP contribution is -2.23. The van der Waals surface area contributed by atoms with Gasteiger partial charge >= 0.3 is 0 Å². The van der Waals surface area contributed by atoms with E-state index >= 15 is 0 Å². The molecule has 1 rings (SSSR count). The van der Waals surface area contributed by atoms with Crippen molar-refractivity contribution in [2.75, 3.05) is 19.8 Å². The molecule has 0 bridgehead atoms. The van der Waals surface area contributed by atoms with Gasteiger partial charge in [-0.1, -0.05) is 19.9 Å². The molecular formula is C13H20N2O. The maximum absolute atomic E-state index is 11.8. The van der Waals surface area contributed by atoms with Gasteiger partial charge in [-0.3, -0.25) is 4.79 Å². The first-order valence-electron chi connectivity index (χ1n) is 5.46. The summed E-state index contributed by atoms with van der Waals surface area (Å²) in [7, 11) is 3.46. The van der Waals surface area contributed by atoms with Crippen molar-refractivity contribution in [3.8, 4) is 0 Å². The van der Waals surface area contributed by atoms with E-state index < -0.39 is 0 Å². The average Bonchev–Trinajstić information content (AvgIpc) is 2.20. The molecule has 2 N–H and O–H groups in total. The van der Waals surface area contributed by atoms with Crippen LogP contribution < -0.4 is 5.73 Å². The van der Waals surface area contributed by atoms with Gasteiger partial charge in [-0.05, 0) is 30.0 Å². The third-order valence-electron chi connectivity index (χ3n) is 2.82. The Bertz CT molecular complexity index is 409. The molecule has 0 unspecified atom stereocenters. The topological polar surface area (TPSA) is 46.3 Å². The number of anilines is 1. The Morgan fingerprint density at radius 1 is 1.31 bits per heavy atom. The first-order chi connectivity index (χ1) is 7.36. The van der Waals surface area contributed by atoms with Crippen LogP contribution in [0.5, 0.6) is 0 Å². The number of amides is 1. The van der Waals surface area contributed by atoms with Crippen LogP contribution in [0.15, 0.2) is 12.1 Å². The zero-order chi connectivity index (χ0) is 12.5. The number of nitrogens with two attached hydrogens (primary N) is 1. The zero-order valence-electron chi connectivity index (χ0n) is 10.7. The smallest absolute Gasteiger partial charge is 0.255 e. The second-order valence-electron chi connectivity index (χ2n) is 4.60. The van der Waals surface area contributed by atoms with Gasteiger partial charge in [0.05, 0.1) is 5.56 Å². The van der Waals surface area contributed by atoms with Crippen molar-refractivity contribution in [1.82, 2.24) is 4.90 Å². The van der Waals surface area contributed by atoms with E-state index in [0.29, 0.717) is 17.2 Å². The highest BCUT2D eigenvalue weighted by Crippen LogP contribution is 2.27. The highest BCUT2D eigenvalue weighted by molar-refractivity contribution is 5.99. The van der Waals surface area contributed by atoms with Crippen molar-refractivity contribution in [3.63, 3.8) is 0 Å². The molecule has 88 valence electrons. The predicted octanol–water partition coefficient (Wildman–Crippen LogP) is 2.40. The quantitative estimate of drug-likeness (QED) is 0.778. The van der Waals surface area contributed by atoms with E-state index in [1.165, 1.54) is 5.56 Å². The van der Waals surface area contributed by atoms with E-state index in [4.69, 9.17) is 5.73 Å². The molecule has 0 aliphatic heterocycles. The number of carbonyl (C=O) groups excluding carboxylic acids is 1. The lowest BCUT2D eigenvalue weighted by atomic mass is 9.94. The number of nitrogen functional groups attached to an aromatic ring is 1. The molecule has 3 nitrogen and oxygen atoms in total. The fourth-order valence-electron chi connectivity index (χ4n) is 1.80. The Labute approximate surface area is 97.2 Å². The van der Waals surface area contributed by atoms with Crippen LogP contribution >= 0.6 is 0 Å². The van der Waals surface area contributed by atoms with E-state index in [0.717, 1.165) is 5.56 Å². The van der Waals surface area contributed by atoms with Gasteiger partial charge in [-0.25, -0.2) is 0 Å². The summed E-state index contributed by atoms with van der Waals surface area (Å²) in [5, 5.41) is 0. The van der Waals surface area contributed by atoms with Gasteiger partial charge in [-0.15, -0.1) is 0 Å². The SMILES string of the molecule is Cc1c(C(C)C)ccc(C(=O)N(C)C)c1N. The number of rotatable bonds is 2. The zero-order valence-corrected chi connectivity index (χ0v) is 10.7. The van der Waals surface area contributed by atoms with Gasteiger partial charge in [0.15, 0.2) is 0 Å². The van der Waals surface area contributed by atoms with E-state index in [1.807, 2.05) is 19.1 Å². The van der Waals surface area contributed by atoms with Crippen LogP contribution in [0.3, 0.4) is 0 Å². The molecule has 0 aliphatic rings. The molecule has 0 aliphatic carbocycles. The minimum Gasteiger partial charge on any atom is -0.398 e. The molecule has 1 aromatic rings. The fourth-order valence-corrected chi connectivity index (χ4v) is 1.80. The number of benzene rings is 1. The van der Waals surface area contributed by atoms with Crippen molar-refractivity contribution in [1.29, 1.82) is 0 Å². The van der Waals surface area contributed by atoms with E-state index in [1.54, 1.807) is 19.0 Å². The second kappa shape index (κ2) is 4.56. The minimum absolute atomic E-state index is 0.0455. The molecule has 0 saturated heterocycles. The molecule has 16 heavy (non-hydrogen) atoms. The highest BCUT2D eigenvalue weighted by Gasteiger charge is 2.15. The van der Waals surface area contributed by atoms with Crippen molar-refractivity contribution in [2.24, 2.45) is 0 Å². The maximum atomic E-state index is 11.8. The van der Waals surface area contributed by atoms with Crippen molar-refractivity contribution in [3.05, 3.63) is 28.8 Å². The van der Waals surface area contributed by atoms with Crippen LogP contribution in [0.25, 0.3) is 0 Å². The van der Waals surface area contributed by atoms with Crippen LogP contribution in [0, 0.1) is 6.92 Å². The summed E-state index contributed by atoms with van der Waals surface area (Å²) >= 11 is 0. The first kappa shape index (κ1) is 12.6. The normalized spacial score (nSPS) is 10.6. The Morgan fingerprint density at radius 3 is 2.31 bits per heavy atom. The van der Waals surface area contributed by atoms with Gasteiger partial charge in [0, 0.05) is 19.8 Å². The number of hydrogen-bond acceptors (Lipinski definition) is 2. The van der Waals surface area contributed by atoms with Gasteiger partial charge in [-0.2, -0.15) is 0 Å². The lowest BCUT2D eigenvalue weighted by molar-refractivity contribution is 0.0828. The Kier molecular flexibility index (Phi) is 3.58. The second-order valence-corrected chi connectivity index (χ2v) is 4.60. The Morgan fingerprint density at radius 2 is 1.88 bits per heavy atom. The maximum Gasteiger partial charge on any atom is 0.255 e. The fraction of sp³-hybridized carbons (Fsp3) is 0.462. The molecule has 0 saturated carbocycles. The Balaban J connectivity index is 3.27. The summed E-state index contributed by atoms with van der Waals surface area (Å²) in [6.45, 7) is 6.21. The molecule has 3 heteroatoms. The summed E-state index contributed by atoms with van der Waals surface area (Å²) in [5.74, 6) is 0.377. The van der Waals surface area contributed by atoms with Gasteiger partial charge in [0.1, 0.15) is 0 Å². The predicted molar refractivity (Wildman–Crippen MR) is 67.7 cm³/mol. The molecule has 0 atom stereocenters. The summed E-state index contributed by atoms with van der Waals surface area (Å²) in [6, 6.07) is 3.81. The molecule has 0 fully saturated rings. The lowest BCUT2D eigenvalue weighted by Gasteiger charge is -2.17. The summed E-state index contributed by atoms with van der Waals surface area (Å²) in [4.78, 5) is 13.4. The van der Waals surface area contributed by atoms with Crippen molar-refractivity contribution in [2.45, 2.75) is 26.7 Å².